The van der Waals surface area contributed by atoms with Crippen molar-refractivity contribution < 1.29 is 14.6 Å². The first-order valence-corrected chi connectivity index (χ1v) is 9.29. The van der Waals surface area contributed by atoms with Crippen LogP contribution in [0, 0.1) is 5.41 Å². The molecule has 1 atom stereocenters. The first-order chi connectivity index (χ1) is 11.6. The minimum Gasteiger partial charge on any atom is -0.481 e. The minimum absolute atomic E-state index is 0.528. The second-order valence-electron chi connectivity index (χ2n) is 6.60. The molecule has 2 saturated heterocycles. The largest absolute Gasteiger partial charge is 0.481 e. The highest BCUT2D eigenvalue weighted by molar-refractivity contribution is 7.15. The number of hydrogen-bond donors (Lipinski definition) is 1. The summed E-state index contributed by atoms with van der Waals surface area (Å²) in [5, 5.41) is 10.7. The Kier molecular flexibility index (Phi) is 5.53. The quantitative estimate of drug-likeness (QED) is 0.793. The van der Waals surface area contributed by atoms with Gasteiger partial charge in [0.25, 0.3) is 0 Å². The summed E-state index contributed by atoms with van der Waals surface area (Å²) in [6.07, 6.45) is 5.84. The fourth-order valence-electron chi connectivity index (χ4n) is 3.56. The van der Waals surface area contributed by atoms with E-state index < -0.39 is 11.4 Å². The van der Waals surface area contributed by atoms with E-state index >= 15 is 0 Å². The number of anilines is 1. The van der Waals surface area contributed by atoms with E-state index in [1.165, 1.54) is 4.88 Å². The van der Waals surface area contributed by atoms with Gasteiger partial charge in [0.15, 0.2) is 5.13 Å². The highest BCUT2D eigenvalue weighted by atomic mass is 32.1. The Morgan fingerprint density at radius 2 is 2.25 bits per heavy atom. The van der Waals surface area contributed by atoms with Gasteiger partial charge in [0.2, 0.25) is 0 Å². The number of ether oxygens (including phenoxy) is 1. The first-order valence-electron chi connectivity index (χ1n) is 8.47. The maximum absolute atomic E-state index is 11.8. The number of hydrogen-bond acceptors (Lipinski definition) is 6. The molecule has 6 nitrogen and oxygen atoms in total. The van der Waals surface area contributed by atoms with Crippen LogP contribution in [-0.2, 0) is 16.1 Å². The number of allylic oxidation sites excluding steroid dienone is 1. The zero-order valence-corrected chi connectivity index (χ0v) is 14.8. The third-order valence-corrected chi connectivity index (χ3v) is 5.89. The monoisotopic (exact) mass is 351 g/mol. The van der Waals surface area contributed by atoms with Gasteiger partial charge in [0.05, 0.1) is 18.6 Å². The number of morpholine rings is 1. The van der Waals surface area contributed by atoms with E-state index in [-0.39, 0.29) is 0 Å². The Morgan fingerprint density at radius 1 is 1.46 bits per heavy atom. The van der Waals surface area contributed by atoms with E-state index in [1.54, 1.807) is 17.4 Å². The average Bonchev–Trinajstić information content (AvgIpc) is 3.04. The van der Waals surface area contributed by atoms with Gasteiger partial charge in [-0.25, -0.2) is 4.98 Å². The summed E-state index contributed by atoms with van der Waals surface area (Å²) in [6, 6.07) is 0. The van der Waals surface area contributed by atoms with Crippen molar-refractivity contribution in [2.75, 3.05) is 44.3 Å². The van der Waals surface area contributed by atoms with Crippen molar-refractivity contribution in [1.29, 1.82) is 0 Å². The van der Waals surface area contributed by atoms with Crippen LogP contribution >= 0.6 is 11.3 Å². The second-order valence-corrected chi connectivity index (χ2v) is 7.69. The number of likely N-dealkylation sites (tertiary alicyclic amines) is 1. The van der Waals surface area contributed by atoms with Crippen LogP contribution in [0.15, 0.2) is 18.9 Å². The van der Waals surface area contributed by atoms with Crippen LogP contribution in [0.5, 0.6) is 0 Å². The zero-order valence-electron chi connectivity index (χ0n) is 13.9. The molecule has 1 aromatic heterocycles. The van der Waals surface area contributed by atoms with Gasteiger partial charge in [-0.2, -0.15) is 0 Å². The maximum atomic E-state index is 11.8. The van der Waals surface area contributed by atoms with Gasteiger partial charge in [-0.3, -0.25) is 9.69 Å². The zero-order chi connectivity index (χ0) is 17.0. The average molecular weight is 351 g/mol. The van der Waals surface area contributed by atoms with Crippen LogP contribution in [0.2, 0.25) is 0 Å². The lowest BCUT2D eigenvalue weighted by Crippen LogP contribution is -2.47. The van der Waals surface area contributed by atoms with Crippen molar-refractivity contribution in [3.8, 4) is 0 Å². The number of nitrogens with zero attached hydrogens (tertiary/aromatic N) is 3. The third-order valence-electron chi connectivity index (χ3n) is 4.85. The van der Waals surface area contributed by atoms with Crippen LogP contribution in [-0.4, -0.2) is 60.4 Å². The maximum Gasteiger partial charge on any atom is 0.311 e. The molecule has 3 rings (SSSR count). The molecule has 0 spiro atoms. The van der Waals surface area contributed by atoms with Crippen LogP contribution in [0.4, 0.5) is 5.13 Å². The van der Waals surface area contributed by atoms with E-state index in [1.807, 2.05) is 6.20 Å². The predicted octanol–water partition coefficient (Wildman–Crippen LogP) is 2.22. The number of piperidine rings is 1. The molecular formula is C17H25N3O3S. The van der Waals surface area contributed by atoms with Gasteiger partial charge in [0.1, 0.15) is 0 Å². The normalized spacial score (nSPS) is 25.6. The van der Waals surface area contributed by atoms with Crippen molar-refractivity contribution in [1.82, 2.24) is 9.88 Å². The Bertz CT molecular complexity index is 585. The van der Waals surface area contributed by atoms with E-state index in [9.17, 15) is 9.90 Å². The van der Waals surface area contributed by atoms with Crippen LogP contribution in [0.3, 0.4) is 0 Å². The molecule has 2 fully saturated rings. The van der Waals surface area contributed by atoms with Crippen LogP contribution in [0.1, 0.15) is 24.1 Å². The Balaban J connectivity index is 1.64. The molecule has 1 unspecified atom stereocenters. The molecule has 0 bridgehead atoms. The molecule has 0 aromatic carbocycles. The summed E-state index contributed by atoms with van der Waals surface area (Å²) in [4.78, 5) is 22.0. The number of rotatable bonds is 6. The van der Waals surface area contributed by atoms with Gasteiger partial charge in [0, 0.05) is 37.3 Å². The Hall–Kier alpha value is -1.44. The molecule has 1 N–H and O–H groups in total. The van der Waals surface area contributed by atoms with E-state index in [0.29, 0.717) is 13.0 Å². The number of aromatic nitrogens is 1. The minimum atomic E-state index is -0.703. The summed E-state index contributed by atoms with van der Waals surface area (Å²) in [5.74, 6) is -0.703. The number of carbonyl (C=O) groups is 1. The number of thiazole rings is 1. The molecule has 2 aliphatic heterocycles. The lowest BCUT2D eigenvalue weighted by atomic mass is 9.77. The SMILES string of the molecule is C=CCC1(C(=O)O)CCCN(Cc2cnc(N3CCOCC3)s2)C1. The van der Waals surface area contributed by atoms with Crippen molar-refractivity contribution in [2.45, 2.75) is 25.8 Å². The summed E-state index contributed by atoms with van der Waals surface area (Å²) >= 11 is 1.70. The van der Waals surface area contributed by atoms with E-state index in [0.717, 1.165) is 57.4 Å². The van der Waals surface area contributed by atoms with Gasteiger partial charge in [-0.05, 0) is 25.8 Å². The van der Waals surface area contributed by atoms with Crippen LogP contribution in [0.25, 0.3) is 0 Å². The molecule has 24 heavy (non-hydrogen) atoms. The molecule has 0 aliphatic carbocycles. The summed E-state index contributed by atoms with van der Waals surface area (Å²) in [5.41, 5.74) is -0.683. The second kappa shape index (κ2) is 7.63. The lowest BCUT2D eigenvalue weighted by Gasteiger charge is -2.39. The van der Waals surface area contributed by atoms with E-state index in [4.69, 9.17) is 4.74 Å². The number of carboxylic acids is 1. The molecule has 0 saturated carbocycles. The number of aliphatic carboxylic acids is 1. The van der Waals surface area contributed by atoms with Gasteiger partial charge < -0.3 is 14.7 Å². The fraction of sp³-hybridized carbons (Fsp3) is 0.647. The van der Waals surface area contributed by atoms with E-state index in [2.05, 4.69) is 21.4 Å². The summed E-state index contributed by atoms with van der Waals surface area (Å²) in [7, 11) is 0. The first kappa shape index (κ1) is 17.4. The molecule has 2 aliphatic rings. The Labute approximate surface area is 146 Å². The third kappa shape index (κ3) is 3.79. The predicted molar refractivity (Wildman–Crippen MR) is 94.5 cm³/mol. The molecule has 1 aromatic rings. The van der Waals surface area contributed by atoms with Crippen molar-refractivity contribution in [3.05, 3.63) is 23.7 Å². The Morgan fingerprint density at radius 3 is 2.96 bits per heavy atom. The van der Waals surface area contributed by atoms with Gasteiger partial charge in [-0.15, -0.1) is 17.9 Å². The number of carboxylic acid groups (broad SMARTS) is 1. The molecule has 0 radical (unpaired) electrons. The van der Waals surface area contributed by atoms with Gasteiger partial charge >= 0.3 is 5.97 Å². The van der Waals surface area contributed by atoms with Crippen LogP contribution < -0.4 is 4.90 Å². The smallest absolute Gasteiger partial charge is 0.311 e. The molecule has 0 amide bonds. The summed E-state index contributed by atoms with van der Waals surface area (Å²) in [6.45, 7) is 9.32. The van der Waals surface area contributed by atoms with Crippen molar-refractivity contribution in [2.24, 2.45) is 5.41 Å². The molecule has 132 valence electrons. The molecule has 7 heteroatoms. The topological polar surface area (TPSA) is 65.9 Å². The highest BCUT2D eigenvalue weighted by Gasteiger charge is 2.41. The fourth-order valence-corrected chi connectivity index (χ4v) is 4.56. The molecular weight excluding hydrogens is 326 g/mol. The highest BCUT2D eigenvalue weighted by Crippen LogP contribution is 2.35. The van der Waals surface area contributed by atoms with Crippen molar-refractivity contribution >= 4 is 22.4 Å². The van der Waals surface area contributed by atoms with Gasteiger partial charge in [-0.1, -0.05) is 6.08 Å². The lowest BCUT2D eigenvalue weighted by molar-refractivity contribution is -0.152. The molecule has 3 heterocycles. The van der Waals surface area contributed by atoms with Crippen molar-refractivity contribution in [3.63, 3.8) is 0 Å². The summed E-state index contributed by atoms with van der Waals surface area (Å²) < 4.78 is 5.38. The standard InChI is InChI=1S/C17H25N3O3S/c1-2-4-17(15(21)22)5-3-6-19(13-17)12-14-11-18-16(24-14)20-7-9-23-10-8-20/h2,11H,1,3-10,12-13H2,(H,21,22).